The molecule has 61 heavy (non-hydrogen) atoms. The molecule has 0 fully saturated rings. The topological polar surface area (TPSA) is 16.4 Å². The predicted molar refractivity (Wildman–Crippen MR) is 257 cm³/mol. The molecule has 0 saturated heterocycles. The van der Waals surface area contributed by atoms with E-state index < -0.39 is 0 Å². The Balaban J connectivity index is 0.980. The Hall–Kier alpha value is -7.68. The van der Waals surface area contributed by atoms with Crippen molar-refractivity contribution in [2.75, 3.05) is 4.90 Å². The van der Waals surface area contributed by atoms with Gasteiger partial charge in [0.05, 0.1) is 0 Å². The van der Waals surface area contributed by atoms with E-state index in [2.05, 4.69) is 219 Å². The lowest BCUT2D eigenvalue weighted by atomic mass is 9.81. The third-order valence-corrected chi connectivity index (χ3v) is 13.1. The van der Waals surface area contributed by atoms with E-state index in [-0.39, 0.29) is 5.41 Å². The van der Waals surface area contributed by atoms with E-state index in [1.165, 1.54) is 66.1 Å². The second-order valence-electron chi connectivity index (χ2n) is 16.9. The summed E-state index contributed by atoms with van der Waals surface area (Å²) in [5, 5.41) is 7.30. The van der Waals surface area contributed by atoms with Crippen molar-refractivity contribution in [2.45, 2.75) is 19.3 Å². The summed E-state index contributed by atoms with van der Waals surface area (Å²) in [5.74, 6) is 0. The Labute approximate surface area is 355 Å². The molecule has 1 aromatic heterocycles. The minimum atomic E-state index is -0.0544. The van der Waals surface area contributed by atoms with Gasteiger partial charge in [-0.2, -0.15) is 0 Å². The van der Waals surface area contributed by atoms with Gasteiger partial charge in [0.25, 0.3) is 0 Å². The fourth-order valence-corrected chi connectivity index (χ4v) is 9.97. The standard InChI is InChI=1S/C59H41NO/c1-59(2)55-22-7-5-18-51(55)52-32-27-42(37-56(52)59)38-24-29-44(30-25-38)60(45-15-9-13-40(34-45)41-28-33-58-54(36-41)53-19-6-8-23-57(53)61-58)46-16-10-14-43(35-46)48-20-11-21-49-47-17-4-3-12-39(47)26-31-50(48)49/h3-37H,1-2H3. The van der Waals surface area contributed by atoms with Gasteiger partial charge in [0, 0.05) is 33.2 Å². The summed E-state index contributed by atoms with van der Waals surface area (Å²) >= 11 is 0. The summed E-state index contributed by atoms with van der Waals surface area (Å²) < 4.78 is 6.20. The van der Waals surface area contributed by atoms with Crippen molar-refractivity contribution in [3.63, 3.8) is 0 Å². The van der Waals surface area contributed by atoms with Gasteiger partial charge in [-0.15, -0.1) is 0 Å². The number of nitrogens with zero attached hydrogens (tertiary/aromatic N) is 1. The number of anilines is 3. The Bertz CT molecular complexity index is 3520. The number of furan rings is 1. The summed E-state index contributed by atoms with van der Waals surface area (Å²) in [7, 11) is 0. The van der Waals surface area contributed by atoms with Crippen LogP contribution < -0.4 is 4.90 Å². The normalized spacial score (nSPS) is 12.9. The largest absolute Gasteiger partial charge is 0.456 e. The maximum Gasteiger partial charge on any atom is 0.135 e. The molecule has 1 heterocycles. The number of hydrogen-bond donors (Lipinski definition) is 0. The molecule has 0 spiro atoms. The molecule has 0 bridgehead atoms. The molecule has 1 aliphatic carbocycles. The van der Waals surface area contributed by atoms with Crippen LogP contribution in [0.25, 0.3) is 88.0 Å². The molecule has 10 aromatic carbocycles. The maximum absolute atomic E-state index is 6.20. The quantitative estimate of drug-likeness (QED) is 0.156. The highest BCUT2D eigenvalue weighted by Gasteiger charge is 2.35. The van der Waals surface area contributed by atoms with Crippen molar-refractivity contribution in [2.24, 2.45) is 0 Å². The van der Waals surface area contributed by atoms with Crippen molar-refractivity contribution in [1.82, 2.24) is 0 Å². The third kappa shape index (κ3) is 5.71. The van der Waals surface area contributed by atoms with E-state index >= 15 is 0 Å². The number of fused-ring (bicyclic) bond motifs is 9. The summed E-state index contributed by atoms with van der Waals surface area (Å²) in [6, 6.07) is 77.6. The first-order valence-corrected chi connectivity index (χ1v) is 21.2. The Morgan fingerprint density at radius 1 is 0.328 bits per heavy atom. The van der Waals surface area contributed by atoms with Crippen LogP contribution in [0.5, 0.6) is 0 Å². The molecule has 1 aliphatic rings. The van der Waals surface area contributed by atoms with Crippen LogP contribution in [0.2, 0.25) is 0 Å². The van der Waals surface area contributed by atoms with Crippen LogP contribution in [0.3, 0.4) is 0 Å². The van der Waals surface area contributed by atoms with Gasteiger partial charge in [0.2, 0.25) is 0 Å². The molecule has 0 N–H and O–H groups in total. The Kier molecular flexibility index (Phi) is 7.92. The minimum absolute atomic E-state index is 0.0544. The average molecular weight is 780 g/mol. The van der Waals surface area contributed by atoms with Gasteiger partial charge in [-0.25, -0.2) is 0 Å². The van der Waals surface area contributed by atoms with Crippen LogP contribution in [0.1, 0.15) is 25.0 Å². The highest BCUT2D eigenvalue weighted by molar-refractivity contribution is 6.12. The molecular formula is C59H41NO. The van der Waals surface area contributed by atoms with Gasteiger partial charge >= 0.3 is 0 Å². The van der Waals surface area contributed by atoms with Crippen LogP contribution in [0.15, 0.2) is 217 Å². The van der Waals surface area contributed by atoms with Crippen molar-refractivity contribution in [3.8, 4) is 44.5 Å². The second kappa shape index (κ2) is 13.7. The van der Waals surface area contributed by atoms with E-state index in [1.807, 2.05) is 12.1 Å². The zero-order chi connectivity index (χ0) is 40.7. The van der Waals surface area contributed by atoms with Crippen LogP contribution in [0, 0.1) is 0 Å². The first-order chi connectivity index (χ1) is 30.0. The lowest BCUT2D eigenvalue weighted by molar-refractivity contribution is 0.660. The highest BCUT2D eigenvalue weighted by atomic mass is 16.3. The number of para-hydroxylation sites is 1. The van der Waals surface area contributed by atoms with Gasteiger partial charge in [-0.05, 0) is 138 Å². The van der Waals surface area contributed by atoms with Gasteiger partial charge in [0.1, 0.15) is 11.2 Å². The molecular weight excluding hydrogens is 739 g/mol. The first-order valence-electron chi connectivity index (χ1n) is 21.2. The van der Waals surface area contributed by atoms with Crippen molar-refractivity contribution >= 4 is 60.5 Å². The molecule has 12 rings (SSSR count). The second-order valence-corrected chi connectivity index (χ2v) is 16.9. The molecule has 2 nitrogen and oxygen atoms in total. The number of hydrogen-bond acceptors (Lipinski definition) is 2. The van der Waals surface area contributed by atoms with Gasteiger partial charge in [0.15, 0.2) is 0 Å². The summed E-state index contributed by atoms with van der Waals surface area (Å²) in [5.41, 5.74) is 17.6. The molecule has 0 radical (unpaired) electrons. The highest BCUT2D eigenvalue weighted by Crippen LogP contribution is 2.50. The molecule has 0 saturated carbocycles. The molecule has 0 unspecified atom stereocenters. The lowest BCUT2D eigenvalue weighted by Crippen LogP contribution is -2.14. The van der Waals surface area contributed by atoms with Crippen molar-refractivity contribution in [1.29, 1.82) is 0 Å². The monoisotopic (exact) mass is 779 g/mol. The number of benzene rings is 10. The Morgan fingerprint density at radius 3 is 1.80 bits per heavy atom. The van der Waals surface area contributed by atoms with E-state index in [0.29, 0.717) is 0 Å². The lowest BCUT2D eigenvalue weighted by Gasteiger charge is -2.27. The molecule has 0 aliphatic heterocycles. The molecule has 0 atom stereocenters. The van der Waals surface area contributed by atoms with Crippen molar-refractivity contribution < 1.29 is 4.42 Å². The van der Waals surface area contributed by atoms with Gasteiger partial charge in [-0.1, -0.05) is 166 Å². The number of rotatable bonds is 6. The summed E-state index contributed by atoms with van der Waals surface area (Å²) in [4.78, 5) is 2.39. The van der Waals surface area contributed by atoms with Gasteiger partial charge < -0.3 is 9.32 Å². The summed E-state index contributed by atoms with van der Waals surface area (Å²) in [6.07, 6.45) is 0. The SMILES string of the molecule is CC1(C)c2ccccc2-c2ccc(-c3ccc(N(c4cccc(-c5ccc6oc7ccccc7c6c5)c4)c4cccc(-c5cccc6c5ccc5ccccc56)c4)cc3)cc21. The fraction of sp³-hybridized carbons (Fsp3) is 0.0508. The smallest absolute Gasteiger partial charge is 0.135 e. The van der Waals surface area contributed by atoms with E-state index in [0.717, 1.165) is 50.1 Å². The maximum atomic E-state index is 6.20. The molecule has 11 aromatic rings. The third-order valence-electron chi connectivity index (χ3n) is 13.1. The van der Waals surface area contributed by atoms with Crippen LogP contribution in [0.4, 0.5) is 17.1 Å². The van der Waals surface area contributed by atoms with E-state index in [9.17, 15) is 0 Å². The average Bonchev–Trinajstić information content (AvgIpc) is 3.80. The van der Waals surface area contributed by atoms with Gasteiger partial charge in [-0.3, -0.25) is 0 Å². The van der Waals surface area contributed by atoms with E-state index in [4.69, 9.17) is 4.42 Å². The molecule has 2 heteroatoms. The fourth-order valence-electron chi connectivity index (χ4n) is 9.97. The Morgan fingerprint density at radius 2 is 0.934 bits per heavy atom. The van der Waals surface area contributed by atoms with E-state index in [1.54, 1.807) is 0 Å². The zero-order valence-corrected chi connectivity index (χ0v) is 34.1. The predicted octanol–water partition coefficient (Wildman–Crippen LogP) is 16.7. The van der Waals surface area contributed by atoms with Crippen LogP contribution in [-0.4, -0.2) is 0 Å². The minimum Gasteiger partial charge on any atom is -0.456 e. The van der Waals surface area contributed by atoms with Crippen LogP contribution in [-0.2, 0) is 5.41 Å². The summed E-state index contributed by atoms with van der Waals surface area (Å²) in [6.45, 7) is 4.70. The van der Waals surface area contributed by atoms with Crippen molar-refractivity contribution in [3.05, 3.63) is 223 Å². The zero-order valence-electron chi connectivity index (χ0n) is 34.1. The first kappa shape index (κ1) is 35.3. The van der Waals surface area contributed by atoms with Crippen LogP contribution >= 0.6 is 0 Å². The molecule has 0 amide bonds. The molecule has 288 valence electrons.